The molecule has 1 saturated carbocycles. The second-order valence-electron chi connectivity index (χ2n) is 5.43. The normalized spacial score (nSPS) is 22.9. The molecule has 3 heteroatoms. The van der Waals surface area contributed by atoms with Crippen molar-refractivity contribution in [2.24, 2.45) is 5.92 Å². The lowest BCUT2D eigenvalue weighted by molar-refractivity contribution is -0.146. The maximum Gasteiger partial charge on any atom is 0.308 e. The van der Waals surface area contributed by atoms with Crippen LogP contribution in [0.3, 0.4) is 0 Å². The van der Waals surface area contributed by atoms with Crippen molar-refractivity contribution in [3.8, 4) is 0 Å². The quantitative estimate of drug-likeness (QED) is 0.783. The van der Waals surface area contributed by atoms with E-state index in [9.17, 15) is 4.79 Å². The maximum atomic E-state index is 11.5. The highest BCUT2D eigenvalue weighted by molar-refractivity contribution is 5.72. The minimum atomic E-state index is -0.0444. The van der Waals surface area contributed by atoms with E-state index < -0.39 is 0 Å². The second kappa shape index (κ2) is 6.09. The Morgan fingerprint density at radius 1 is 1.21 bits per heavy atom. The minimum absolute atomic E-state index is 0.0444. The van der Waals surface area contributed by atoms with Crippen molar-refractivity contribution in [2.75, 3.05) is 19.1 Å². The minimum Gasteiger partial charge on any atom is -0.469 e. The number of aryl methyl sites for hydroxylation is 1. The first-order valence-corrected chi connectivity index (χ1v) is 6.99. The standard InChI is InChI=1S/C16H23NO2/c1-12-6-4-5-7-15(12)17(2)14-10-8-13(9-11-14)16(18)19-3/h4-7,13-14H,8-11H2,1-3H3. The summed E-state index contributed by atoms with van der Waals surface area (Å²) < 4.78 is 4.84. The molecule has 1 fully saturated rings. The smallest absolute Gasteiger partial charge is 0.308 e. The lowest BCUT2D eigenvalue weighted by Crippen LogP contribution is -2.37. The molecule has 1 aromatic carbocycles. The molecule has 0 N–H and O–H groups in total. The van der Waals surface area contributed by atoms with Gasteiger partial charge in [-0.05, 0) is 44.2 Å². The summed E-state index contributed by atoms with van der Waals surface area (Å²) in [5.74, 6) is 0.0588. The van der Waals surface area contributed by atoms with Gasteiger partial charge in [-0.3, -0.25) is 4.79 Å². The van der Waals surface area contributed by atoms with Gasteiger partial charge in [0.25, 0.3) is 0 Å². The zero-order valence-electron chi connectivity index (χ0n) is 12.1. The number of benzene rings is 1. The Morgan fingerprint density at radius 3 is 2.42 bits per heavy atom. The van der Waals surface area contributed by atoms with Gasteiger partial charge < -0.3 is 9.64 Å². The number of anilines is 1. The largest absolute Gasteiger partial charge is 0.469 e. The summed E-state index contributed by atoms with van der Waals surface area (Å²) in [6.07, 6.45) is 4.00. The first-order chi connectivity index (χ1) is 9.13. The summed E-state index contributed by atoms with van der Waals surface area (Å²) in [4.78, 5) is 13.9. The Morgan fingerprint density at radius 2 is 1.84 bits per heavy atom. The van der Waals surface area contributed by atoms with Crippen LogP contribution in [0.2, 0.25) is 0 Å². The molecular weight excluding hydrogens is 238 g/mol. The third kappa shape index (κ3) is 3.09. The molecular formula is C16H23NO2. The Labute approximate surface area is 115 Å². The Balaban J connectivity index is 1.98. The van der Waals surface area contributed by atoms with E-state index in [2.05, 4.69) is 43.1 Å². The topological polar surface area (TPSA) is 29.5 Å². The highest BCUT2D eigenvalue weighted by Gasteiger charge is 2.29. The van der Waals surface area contributed by atoms with E-state index in [-0.39, 0.29) is 11.9 Å². The van der Waals surface area contributed by atoms with E-state index in [1.54, 1.807) is 0 Å². The van der Waals surface area contributed by atoms with Gasteiger partial charge in [-0.15, -0.1) is 0 Å². The van der Waals surface area contributed by atoms with Crippen molar-refractivity contribution in [1.29, 1.82) is 0 Å². The fourth-order valence-corrected chi connectivity index (χ4v) is 3.02. The average Bonchev–Trinajstić information content (AvgIpc) is 2.46. The lowest BCUT2D eigenvalue weighted by Gasteiger charge is -2.36. The summed E-state index contributed by atoms with van der Waals surface area (Å²) in [6.45, 7) is 2.14. The van der Waals surface area contributed by atoms with Crippen LogP contribution in [0, 0.1) is 12.8 Å². The van der Waals surface area contributed by atoms with E-state index >= 15 is 0 Å². The van der Waals surface area contributed by atoms with Gasteiger partial charge in [0.05, 0.1) is 13.0 Å². The Hall–Kier alpha value is -1.51. The van der Waals surface area contributed by atoms with E-state index in [0.29, 0.717) is 6.04 Å². The van der Waals surface area contributed by atoms with Crippen LogP contribution < -0.4 is 4.90 Å². The molecule has 1 aliphatic carbocycles. The number of para-hydroxylation sites is 1. The van der Waals surface area contributed by atoms with Gasteiger partial charge >= 0.3 is 5.97 Å². The fourth-order valence-electron chi connectivity index (χ4n) is 3.02. The highest BCUT2D eigenvalue weighted by atomic mass is 16.5. The summed E-state index contributed by atoms with van der Waals surface area (Å²) in [6, 6.07) is 9.00. The van der Waals surface area contributed by atoms with Gasteiger partial charge in [-0.1, -0.05) is 18.2 Å². The van der Waals surface area contributed by atoms with Crippen molar-refractivity contribution >= 4 is 11.7 Å². The van der Waals surface area contributed by atoms with Crippen molar-refractivity contribution in [2.45, 2.75) is 38.6 Å². The van der Waals surface area contributed by atoms with Crippen molar-refractivity contribution in [1.82, 2.24) is 0 Å². The van der Waals surface area contributed by atoms with Gasteiger partial charge in [-0.2, -0.15) is 0 Å². The zero-order chi connectivity index (χ0) is 13.8. The van der Waals surface area contributed by atoms with Gasteiger partial charge in [0, 0.05) is 18.8 Å². The predicted molar refractivity (Wildman–Crippen MR) is 77.3 cm³/mol. The molecule has 0 saturated heterocycles. The number of ether oxygens (including phenoxy) is 1. The molecule has 0 radical (unpaired) electrons. The molecule has 0 aromatic heterocycles. The monoisotopic (exact) mass is 261 g/mol. The average molecular weight is 261 g/mol. The molecule has 1 aromatic rings. The molecule has 0 spiro atoms. The molecule has 1 aliphatic rings. The van der Waals surface area contributed by atoms with E-state index in [1.165, 1.54) is 18.4 Å². The van der Waals surface area contributed by atoms with E-state index in [0.717, 1.165) is 25.7 Å². The second-order valence-corrected chi connectivity index (χ2v) is 5.43. The van der Waals surface area contributed by atoms with Crippen molar-refractivity contribution in [3.63, 3.8) is 0 Å². The van der Waals surface area contributed by atoms with Crippen LogP contribution in [0.15, 0.2) is 24.3 Å². The first kappa shape index (κ1) is 13.9. The number of esters is 1. The van der Waals surface area contributed by atoms with E-state index in [1.807, 2.05) is 0 Å². The molecule has 0 atom stereocenters. The number of methoxy groups -OCH3 is 1. The number of carbonyl (C=O) groups excluding carboxylic acids is 1. The number of rotatable bonds is 3. The summed E-state index contributed by atoms with van der Waals surface area (Å²) >= 11 is 0. The fraction of sp³-hybridized carbons (Fsp3) is 0.562. The Bertz CT molecular complexity index is 436. The lowest BCUT2D eigenvalue weighted by atomic mass is 9.85. The molecule has 104 valence electrons. The third-order valence-electron chi connectivity index (χ3n) is 4.27. The van der Waals surface area contributed by atoms with Crippen LogP contribution in [0.5, 0.6) is 0 Å². The summed E-state index contributed by atoms with van der Waals surface area (Å²) in [7, 11) is 3.64. The molecule has 0 unspecified atom stereocenters. The van der Waals surface area contributed by atoms with Crippen LogP contribution in [0.25, 0.3) is 0 Å². The van der Waals surface area contributed by atoms with Gasteiger partial charge in [0.1, 0.15) is 0 Å². The van der Waals surface area contributed by atoms with Gasteiger partial charge in [0.15, 0.2) is 0 Å². The molecule has 2 rings (SSSR count). The molecule has 0 heterocycles. The van der Waals surface area contributed by atoms with Gasteiger partial charge in [0.2, 0.25) is 0 Å². The van der Waals surface area contributed by atoms with Crippen molar-refractivity contribution in [3.05, 3.63) is 29.8 Å². The number of nitrogens with zero attached hydrogens (tertiary/aromatic N) is 1. The van der Waals surface area contributed by atoms with Crippen LogP contribution in [0.1, 0.15) is 31.2 Å². The van der Waals surface area contributed by atoms with Crippen molar-refractivity contribution < 1.29 is 9.53 Å². The summed E-state index contributed by atoms with van der Waals surface area (Å²) in [5, 5.41) is 0. The van der Waals surface area contributed by atoms with Crippen LogP contribution >= 0.6 is 0 Å². The SMILES string of the molecule is COC(=O)C1CCC(N(C)c2ccccc2C)CC1. The third-order valence-corrected chi connectivity index (χ3v) is 4.27. The number of hydrogen-bond acceptors (Lipinski definition) is 3. The highest BCUT2D eigenvalue weighted by Crippen LogP contribution is 2.31. The molecule has 3 nitrogen and oxygen atoms in total. The van der Waals surface area contributed by atoms with Gasteiger partial charge in [-0.25, -0.2) is 0 Å². The molecule has 19 heavy (non-hydrogen) atoms. The van der Waals surface area contributed by atoms with Crippen LogP contribution in [-0.2, 0) is 9.53 Å². The summed E-state index contributed by atoms with van der Waals surface area (Å²) in [5.41, 5.74) is 2.60. The van der Waals surface area contributed by atoms with Crippen LogP contribution in [0.4, 0.5) is 5.69 Å². The molecule has 0 amide bonds. The number of hydrogen-bond donors (Lipinski definition) is 0. The predicted octanol–water partition coefficient (Wildman–Crippen LogP) is 3.16. The first-order valence-electron chi connectivity index (χ1n) is 6.99. The zero-order valence-corrected chi connectivity index (χ0v) is 12.1. The maximum absolute atomic E-state index is 11.5. The van der Waals surface area contributed by atoms with Crippen LogP contribution in [-0.4, -0.2) is 26.2 Å². The molecule has 0 bridgehead atoms. The Kier molecular flexibility index (Phi) is 4.46. The molecule has 0 aliphatic heterocycles. The van der Waals surface area contributed by atoms with E-state index in [4.69, 9.17) is 4.74 Å². The number of carbonyl (C=O) groups is 1.